The second-order valence-corrected chi connectivity index (χ2v) is 6.75. The quantitative estimate of drug-likeness (QED) is 0.487. The first-order chi connectivity index (χ1) is 14.8. The highest BCUT2D eigenvalue weighted by molar-refractivity contribution is 5.95. The Labute approximate surface area is 172 Å². The van der Waals surface area contributed by atoms with E-state index in [2.05, 4.69) is 20.4 Å². The van der Waals surface area contributed by atoms with Crippen LogP contribution in [0.3, 0.4) is 0 Å². The van der Waals surface area contributed by atoms with Gasteiger partial charge in [-0.05, 0) is 29.8 Å². The minimum atomic E-state index is -0.436. The van der Waals surface area contributed by atoms with Crippen molar-refractivity contribution in [3.8, 4) is 5.82 Å². The van der Waals surface area contributed by atoms with Crippen molar-refractivity contribution < 1.29 is 9.21 Å². The van der Waals surface area contributed by atoms with Crippen molar-refractivity contribution in [2.45, 2.75) is 6.04 Å². The van der Waals surface area contributed by atoms with Crippen LogP contribution in [0.25, 0.3) is 16.8 Å². The average molecular weight is 395 g/mol. The Kier molecular flexibility index (Phi) is 4.53. The first kappa shape index (κ1) is 17.8. The number of hydrogen-bond acceptors (Lipinski definition) is 5. The number of para-hydroxylation sites is 1. The van der Waals surface area contributed by atoms with Crippen LogP contribution in [-0.4, -0.2) is 25.7 Å². The van der Waals surface area contributed by atoms with E-state index < -0.39 is 6.04 Å². The SMILES string of the molecule is O=C(NC(c1ccccc1)c1cc2ccccc2o1)c1ccnc(-n2cncn2)c1. The number of nitrogens with one attached hydrogen (secondary N) is 1. The van der Waals surface area contributed by atoms with E-state index in [9.17, 15) is 4.79 Å². The fourth-order valence-electron chi connectivity index (χ4n) is 3.33. The van der Waals surface area contributed by atoms with Gasteiger partial charge in [0.2, 0.25) is 0 Å². The molecule has 0 fully saturated rings. The molecule has 1 N–H and O–H groups in total. The standard InChI is InChI=1S/C23H17N5O2/c29-23(18-10-11-25-21(13-18)28-15-24-14-26-28)27-22(16-6-2-1-3-7-16)20-12-17-8-4-5-9-19(17)30-20/h1-15,22H,(H,27,29). The zero-order valence-electron chi connectivity index (χ0n) is 15.8. The Morgan fingerprint density at radius 3 is 2.63 bits per heavy atom. The molecule has 3 heterocycles. The number of hydrogen-bond donors (Lipinski definition) is 1. The van der Waals surface area contributed by atoms with Gasteiger partial charge in [-0.3, -0.25) is 4.79 Å². The number of fused-ring (bicyclic) bond motifs is 1. The van der Waals surface area contributed by atoms with E-state index in [1.807, 2.05) is 60.7 Å². The molecule has 7 nitrogen and oxygen atoms in total. The molecule has 0 saturated heterocycles. The molecule has 2 aromatic carbocycles. The van der Waals surface area contributed by atoms with Crippen molar-refractivity contribution in [1.82, 2.24) is 25.1 Å². The van der Waals surface area contributed by atoms with Crippen molar-refractivity contribution in [2.75, 3.05) is 0 Å². The summed E-state index contributed by atoms with van der Waals surface area (Å²) in [4.78, 5) is 21.3. The molecule has 1 amide bonds. The predicted molar refractivity (Wildman–Crippen MR) is 111 cm³/mol. The fraction of sp³-hybridized carbons (Fsp3) is 0.0435. The third-order valence-electron chi connectivity index (χ3n) is 4.80. The van der Waals surface area contributed by atoms with Crippen LogP contribution in [0.2, 0.25) is 0 Å². The highest BCUT2D eigenvalue weighted by Gasteiger charge is 2.22. The Bertz CT molecular complexity index is 1260. The van der Waals surface area contributed by atoms with Gasteiger partial charge in [-0.25, -0.2) is 14.6 Å². The zero-order valence-corrected chi connectivity index (χ0v) is 15.8. The normalized spacial score (nSPS) is 12.0. The van der Waals surface area contributed by atoms with Crippen molar-refractivity contribution in [3.05, 3.63) is 109 Å². The van der Waals surface area contributed by atoms with E-state index in [0.29, 0.717) is 17.1 Å². The topological polar surface area (TPSA) is 85.8 Å². The Hall–Kier alpha value is -4.26. The second kappa shape index (κ2) is 7.63. The number of rotatable bonds is 5. The van der Waals surface area contributed by atoms with E-state index in [1.165, 1.54) is 17.3 Å². The molecule has 3 aromatic heterocycles. The van der Waals surface area contributed by atoms with Gasteiger partial charge in [0, 0.05) is 17.1 Å². The summed E-state index contributed by atoms with van der Waals surface area (Å²) in [6.07, 6.45) is 4.53. The first-order valence-corrected chi connectivity index (χ1v) is 9.43. The lowest BCUT2D eigenvalue weighted by Gasteiger charge is -2.17. The Morgan fingerprint density at radius 2 is 1.83 bits per heavy atom. The van der Waals surface area contributed by atoms with Gasteiger partial charge in [-0.1, -0.05) is 48.5 Å². The van der Waals surface area contributed by atoms with Gasteiger partial charge in [-0.15, -0.1) is 0 Å². The maximum Gasteiger partial charge on any atom is 0.252 e. The van der Waals surface area contributed by atoms with Crippen molar-refractivity contribution in [1.29, 1.82) is 0 Å². The molecule has 1 unspecified atom stereocenters. The Morgan fingerprint density at radius 1 is 1.00 bits per heavy atom. The van der Waals surface area contributed by atoms with E-state index in [-0.39, 0.29) is 5.91 Å². The van der Waals surface area contributed by atoms with Crippen molar-refractivity contribution >= 4 is 16.9 Å². The monoisotopic (exact) mass is 395 g/mol. The lowest BCUT2D eigenvalue weighted by atomic mass is 10.0. The van der Waals surface area contributed by atoms with Crippen LogP contribution in [0.15, 0.2) is 96.1 Å². The summed E-state index contributed by atoms with van der Waals surface area (Å²) >= 11 is 0. The minimum absolute atomic E-state index is 0.243. The van der Waals surface area contributed by atoms with Crippen LogP contribution in [0.1, 0.15) is 27.7 Å². The first-order valence-electron chi connectivity index (χ1n) is 9.43. The third-order valence-corrected chi connectivity index (χ3v) is 4.80. The lowest BCUT2D eigenvalue weighted by molar-refractivity contribution is 0.0939. The third kappa shape index (κ3) is 3.44. The van der Waals surface area contributed by atoms with Crippen LogP contribution < -0.4 is 5.32 Å². The summed E-state index contributed by atoms with van der Waals surface area (Å²) in [5.74, 6) is 0.939. The summed E-state index contributed by atoms with van der Waals surface area (Å²) in [5.41, 5.74) is 2.17. The lowest BCUT2D eigenvalue weighted by Crippen LogP contribution is -2.29. The summed E-state index contributed by atoms with van der Waals surface area (Å²) in [6.45, 7) is 0. The summed E-state index contributed by atoms with van der Waals surface area (Å²) in [6, 6.07) is 22.4. The fourth-order valence-corrected chi connectivity index (χ4v) is 3.33. The number of furan rings is 1. The van der Waals surface area contributed by atoms with Crippen LogP contribution in [0.4, 0.5) is 0 Å². The molecule has 30 heavy (non-hydrogen) atoms. The molecule has 0 spiro atoms. The number of nitrogens with zero attached hydrogens (tertiary/aromatic N) is 4. The maximum atomic E-state index is 13.1. The Balaban J connectivity index is 1.50. The van der Waals surface area contributed by atoms with Crippen molar-refractivity contribution in [2.24, 2.45) is 0 Å². The van der Waals surface area contributed by atoms with Gasteiger partial charge in [0.15, 0.2) is 5.82 Å². The van der Waals surface area contributed by atoms with Gasteiger partial charge in [0.1, 0.15) is 30.0 Å². The summed E-state index contributed by atoms with van der Waals surface area (Å²) in [7, 11) is 0. The van der Waals surface area contributed by atoms with E-state index in [1.54, 1.807) is 18.3 Å². The van der Waals surface area contributed by atoms with E-state index >= 15 is 0 Å². The molecule has 1 atom stereocenters. The molecule has 5 aromatic rings. The van der Waals surface area contributed by atoms with Crippen LogP contribution in [0, 0.1) is 0 Å². The highest BCUT2D eigenvalue weighted by atomic mass is 16.3. The van der Waals surface area contributed by atoms with Gasteiger partial charge in [0.05, 0.1) is 0 Å². The van der Waals surface area contributed by atoms with Gasteiger partial charge >= 0.3 is 0 Å². The number of amides is 1. The molecular weight excluding hydrogens is 378 g/mol. The van der Waals surface area contributed by atoms with Gasteiger partial charge in [-0.2, -0.15) is 5.10 Å². The van der Waals surface area contributed by atoms with Gasteiger partial charge < -0.3 is 9.73 Å². The van der Waals surface area contributed by atoms with Crippen LogP contribution in [-0.2, 0) is 0 Å². The van der Waals surface area contributed by atoms with E-state index in [0.717, 1.165) is 16.5 Å². The zero-order chi connectivity index (χ0) is 20.3. The smallest absolute Gasteiger partial charge is 0.252 e. The molecule has 0 radical (unpaired) electrons. The van der Waals surface area contributed by atoms with Crippen LogP contribution >= 0.6 is 0 Å². The number of carbonyl (C=O) groups is 1. The molecule has 0 aliphatic rings. The predicted octanol–water partition coefficient (Wildman–Crippen LogP) is 3.93. The van der Waals surface area contributed by atoms with E-state index in [4.69, 9.17) is 4.42 Å². The number of pyridine rings is 1. The molecule has 5 rings (SSSR count). The minimum Gasteiger partial charge on any atom is -0.459 e. The molecule has 0 saturated carbocycles. The molecule has 0 aliphatic carbocycles. The molecule has 0 bridgehead atoms. The van der Waals surface area contributed by atoms with Crippen molar-refractivity contribution in [3.63, 3.8) is 0 Å². The summed E-state index contributed by atoms with van der Waals surface area (Å²) < 4.78 is 7.56. The largest absolute Gasteiger partial charge is 0.459 e. The summed E-state index contributed by atoms with van der Waals surface area (Å²) in [5, 5.41) is 8.14. The number of benzene rings is 2. The second-order valence-electron chi connectivity index (χ2n) is 6.75. The highest BCUT2D eigenvalue weighted by Crippen LogP contribution is 2.28. The molecule has 146 valence electrons. The molecule has 7 heteroatoms. The molecule has 0 aliphatic heterocycles. The average Bonchev–Trinajstić information content (AvgIpc) is 3.48. The number of aromatic nitrogens is 4. The van der Waals surface area contributed by atoms with Crippen LogP contribution in [0.5, 0.6) is 0 Å². The maximum absolute atomic E-state index is 13.1. The number of carbonyl (C=O) groups excluding carboxylic acids is 1. The molecular formula is C23H17N5O2. The van der Waals surface area contributed by atoms with Gasteiger partial charge in [0.25, 0.3) is 5.91 Å².